The minimum absolute atomic E-state index is 0.0378. The number of halogens is 4. The fourth-order valence-electron chi connectivity index (χ4n) is 8.24. The van der Waals surface area contributed by atoms with Gasteiger partial charge in [0.1, 0.15) is 35.2 Å². The first-order chi connectivity index (χ1) is 32.6. The molecule has 4 aliphatic heterocycles. The van der Waals surface area contributed by atoms with Crippen molar-refractivity contribution in [3.05, 3.63) is 71.8 Å². The van der Waals surface area contributed by atoms with E-state index in [0.717, 1.165) is 0 Å². The molecule has 0 spiro atoms. The molecule has 0 bridgehead atoms. The highest BCUT2D eigenvalue weighted by Crippen LogP contribution is 2.42. The molecular weight excluding hydrogens is 897 g/mol. The summed E-state index contributed by atoms with van der Waals surface area (Å²) in [5, 5.41) is 12.9. The Morgan fingerprint density at radius 2 is 1.04 bits per heavy atom. The van der Waals surface area contributed by atoms with Gasteiger partial charge in [0.15, 0.2) is 11.6 Å². The Morgan fingerprint density at radius 3 is 1.43 bits per heavy atom. The van der Waals surface area contributed by atoms with Gasteiger partial charge < -0.3 is 50.5 Å². The molecule has 8 heterocycles. The topological polar surface area (TPSA) is 241 Å². The Hall–Kier alpha value is -7.46. The number of nitrogens with one attached hydrogen (secondary N) is 4. The summed E-state index contributed by atoms with van der Waals surface area (Å²) < 4.78 is 89.2. The van der Waals surface area contributed by atoms with Crippen LogP contribution in [0.5, 0.6) is 11.8 Å². The van der Waals surface area contributed by atoms with Crippen LogP contribution in [0.15, 0.2) is 49.1 Å². The number of hydrogen-bond acceptors (Lipinski definition) is 16. The summed E-state index contributed by atoms with van der Waals surface area (Å²) in [5.41, 5.74) is 15.6. The van der Waals surface area contributed by atoms with Crippen LogP contribution in [-0.4, -0.2) is 96.6 Å². The van der Waals surface area contributed by atoms with Crippen molar-refractivity contribution in [2.45, 2.75) is 52.6 Å². The fraction of sp³-hybridized carbons (Fsp3) is 0.348. The number of aromatic nitrogens is 4. The van der Waals surface area contributed by atoms with Crippen LogP contribution in [0, 0.1) is 37.3 Å². The van der Waals surface area contributed by atoms with Crippen molar-refractivity contribution >= 4 is 68.1 Å². The standard InChI is InChI=1S/2C23H23F2N5O4/c2*1-10-8-32-9-16(10)33-23(31)30-18-4-12-3-13(19(25)20(26)15(12)6-27-18)14-5-29-22-21(11(14)2)28-7-17(24)34-22/h2*3-6,10,16-17,28H,7-9,26H2,1-2H3,(H,27,30,31)/t10-,16-,17+;10-,16-,17-/m00/s1. The maximum absolute atomic E-state index is 15.3. The Morgan fingerprint density at radius 1 is 0.632 bits per heavy atom. The number of ether oxygens (including phenoxy) is 6. The SMILES string of the molecule is Cc1c(-c2cc3cc(NC(=O)O[C@H]4COC[C@@H]4C)ncc3c(N)c2F)cnc2c1NC[C@@H](F)O2.Cc1c(-c2cc3cc(NC(=O)O[C@H]4COC[C@@H]4C)ncc3c(N)c2F)cnc2c1NC[C@H](F)O2. The number of alkyl halides is 2. The molecule has 8 N–H and O–H groups in total. The predicted octanol–water partition coefficient (Wildman–Crippen LogP) is 8.02. The predicted molar refractivity (Wildman–Crippen MR) is 244 cm³/mol. The van der Waals surface area contributed by atoms with Crippen molar-refractivity contribution in [2.24, 2.45) is 11.8 Å². The molecule has 2 fully saturated rings. The van der Waals surface area contributed by atoms with Crippen LogP contribution in [0.1, 0.15) is 25.0 Å². The molecule has 0 radical (unpaired) electrons. The van der Waals surface area contributed by atoms with E-state index >= 15 is 8.78 Å². The van der Waals surface area contributed by atoms with E-state index in [1.165, 1.54) is 24.8 Å². The van der Waals surface area contributed by atoms with E-state index in [1.807, 2.05) is 13.8 Å². The van der Waals surface area contributed by atoms with E-state index in [9.17, 15) is 18.4 Å². The molecule has 0 unspecified atom stereocenters. The van der Waals surface area contributed by atoms with Crippen LogP contribution < -0.4 is 42.2 Å². The highest BCUT2D eigenvalue weighted by atomic mass is 19.2. The van der Waals surface area contributed by atoms with Crippen molar-refractivity contribution in [3.63, 3.8) is 0 Å². The maximum atomic E-state index is 15.3. The zero-order valence-electron chi connectivity index (χ0n) is 37.0. The van der Waals surface area contributed by atoms with Crippen LogP contribution in [0.25, 0.3) is 43.8 Å². The first kappa shape index (κ1) is 45.7. The Balaban J connectivity index is 0.000000170. The molecule has 2 aromatic carbocycles. The zero-order chi connectivity index (χ0) is 48.0. The number of nitrogens with zero attached hydrogens (tertiary/aromatic N) is 4. The zero-order valence-corrected chi connectivity index (χ0v) is 37.0. The summed E-state index contributed by atoms with van der Waals surface area (Å²) >= 11 is 0. The number of nitrogen functional groups attached to an aromatic ring is 2. The molecule has 6 atom stereocenters. The van der Waals surface area contributed by atoms with Gasteiger partial charge in [-0.15, -0.1) is 0 Å². The molecule has 68 heavy (non-hydrogen) atoms. The molecule has 2 saturated heterocycles. The lowest BCUT2D eigenvalue weighted by Crippen LogP contribution is -2.27. The van der Waals surface area contributed by atoms with E-state index in [-0.39, 0.29) is 83.0 Å². The lowest BCUT2D eigenvalue weighted by Gasteiger charge is -2.24. The van der Waals surface area contributed by atoms with E-state index in [4.69, 9.17) is 39.9 Å². The van der Waals surface area contributed by atoms with Crippen LogP contribution in [0.4, 0.5) is 61.5 Å². The molecular formula is C46H46F4N10O8. The molecule has 18 nitrogen and oxygen atoms in total. The largest absolute Gasteiger partial charge is 0.443 e. The monoisotopic (exact) mass is 942 g/mol. The number of carbonyl (C=O) groups is 2. The second-order valence-corrected chi connectivity index (χ2v) is 16.8. The van der Waals surface area contributed by atoms with Gasteiger partial charge >= 0.3 is 12.2 Å². The molecule has 4 aromatic heterocycles. The van der Waals surface area contributed by atoms with Gasteiger partial charge in [-0.25, -0.2) is 38.3 Å². The van der Waals surface area contributed by atoms with Crippen molar-refractivity contribution in [1.82, 2.24) is 19.9 Å². The Kier molecular flexibility index (Phi) is 12.5. The molecule has 0 saturated carbocycles. The number of nitrogens with two attached hydrogens (primary N) is 2. The van der Waals surface area contributed by atoms with Crippen molar-refractivity contribution in [2.75, 3.05) is 72.3 Å². The summed E-state index contributed by atoms with van der Waals surface area (Å²) in [6.07, 6.45) is 0.629. The van der Waals surface area contributed by atoms with E-state index in [1.54, 1.807) is 38.1 Å². The Bertz CT molecular complexity index is 2770. The number of amides is 2. The third kappa shape index (κ3) is 9.03. The second kappa shape index (κ2) is 18.7. The van der Waals surface area contributed by atoms with Gasteiger partial charge in [-0.2, -0.15) is 8.78 Å². The van der Waals surface area contributed by atoms with Gasteiger partial charge in [-0.1, -0.05) is 13.8 Å². The molecule has 6 aromatic rings. The number of pyridine rings is 4. The van der Waals surface area contributed by atoms with E-state index in [2.05, 4.69) is 41.2 Å². The third-order valence-corrected chi connectivity index (χ3v) is 12.1. The highest BCUT2D eigenvalue weighted by molar-refractivity contribution is 6.01. The van der Waals surface area contributed by atoms with Crippen molar-refractivity contribution in [1.29, 1.82) is 0 Å². The lowest BCUT2D eigenvalue weighted by atomic mass is 9.97. The minimum Gasteiger partial charge on any atom is -0.443 e. The summed E-state index contributed by atoms with van der Waals surface area (Å²) in [4.78, 5) is 41.2. The quantitative estimate of drug-likeness (QED) is 0.0684. The summed E-state index contributed by atoms with van der Waals surface area (Å²) in [5.74, 6) is -0.370. The molecule has 10 rings (SSSR count). The summed E-state index contributed by atoms with van der Waals surface area (Å²) in [6.45, 7) is 9.08. The summed E-state index contributed by atoms with van der Waals surface area (Å²) in [7, 11) is 0. The average molecular weight is 943 g/mol. The first-order valence-electron chi connectivity index (χ1n) is 21.6. The molecule has 2 amide bonds. The van der Waals surface area contributed by atoms with Crippen LogP contribution >= 0.6 is 0 Å². The normalized spacial score (nSPS) is 21.5. The van der Waals surface area contributed by atoms with Gasteiger partial charge in [0.05, 0.1) is 50.9 Å². The average Bonchev–Trinajstić information content (AvgIpc) is 3.91. The van der Waals surface area contributed by atoms with Gasteiger partial charge in [-0.3, -0.25) is 10.6 Å². The van der Waals surface area contributed by atoms with E-state index < -0.39 is 36.5 Å². The van der Waals surface area contributed by atoms with Crippen LogP contribution in [0.2, 0.25) is 0 Å². The fourth-order valence-corrected chi connectivity index (χ4v) is 8.24. The van der Waals surface area contributed by atoms with Gasteiger partial charge in [0.25, 0.3) is 12.7 Å². The minimum atomic E-state index is -1.51. The number of fused-ring (bicyclic) bond motifs is 4. The first-order valence-corrected chi connectivity index (χ1v) is 21.6. The van der Waals surface area contributed by atoms with Crippen molar-refractivity contribution in [3.8, 4) is 34.0 Å². The number of benzene rings is 2. The molecule has 356 valence electrons. The van der Waals surface area contributed by atoms with Gasteiger partial charge in [0.2, 0.25) is 11.8 Å². The van der Waals surface area contributed by atoms with Gasteiger partial charge in [0, 0.05) is 69.6 Å². The van der Waals surface area contributed by atoms with Crippen LogP contribution in [0.3, 0.4) is 0 Å². The molecule has 4 aliphatic rings. The third-order valence-electron chi connectivity index (χ3n) is 12.1. The van der Waals surface area contributed by atoms with Crippen LogP contribution in [-0.2, 0) is 18.9 Å². The van der Waals surface area contributed by atoms with Gasteiger partial charge in [-0.05, 0) is 60.0 Å². The molecule has 22 heteroatoms. The smallest absolute Gasteiger partial charge is 0.413 e. The maximum Gasteiger partial charge on any atom is 0.413 e. The second-order valence-electron chi connectivity index (χ2n) is 16.8. The number of rotatable bonds is 6. The lowest BCUT2D eigenvalue weighted by molar-refractivity contribution is 0.0684. The van der Waals surface area contributed by atoms with Crippen molar-refractivity contribution < 1.29 is 55.6 Å². The Labute approximate surface area is 385 Å². The number of hydrogen-bond donors (Lipinski definition) is 6. The highest BCUT2D eigenvalue weighted by Gasteiger charge is 2.31. The number of carbonyl (C=O) groups excluding carboxylic acids is 2. The van der Waals surface area contributed by atoms with E-state index in [0.29, 0.717) is 81.6 Å². The number of anilines is 6. The summed E-state index contributed by atoms with van der Waals surface area (Å²) in [6, 6.07) is 6.37. The molecule has 0 aliphatic carbocycles.